The molecular formula is C17H32ClN3O2. The van der Waals surface area contributed by atoms with Crippen LogP contribution in [0.4, 0.5) is 0 Å². The van der Waals surface area contributed by atoms with Crippen LogP contribution in [0.2, 0.25) is 0 Å². The van der Waals surface area contributed by atoms with Gasteiger partial charge in [0.1, 0.15) is 6.04 Å². The number of carbonyl (C=O) groups is 2. The molecule has 0 bridgehead atoms. The zero-order valence-corrected chi connectivity index (χ0v) is 15.1. The van der Waals surface area contributed by atoms with Crippen molar-refractivity contribution in [2.45, 2.75) is 64.3 Å². The summed E-state index contributed by atoms with van der Waals surface area (Å²) in [7, 11) is 0. The maximum absolute atomic E-state index is 12.4. The Morgan fingerprint density at radius 2 is 2.04 bits per heavy atom. The maximum atomic E-state index is 12.4. The summed E-state index contributed by atoms with van der Waals surface area (Å²) >= 11 is 0. The largest absolute Gasteiger partial charge is 0.354 e. The zero-order valence-electron chi connectivity index (χ0n) is 14.3. The summed E-state index contributed by atoms with van der Waals surface area (Å²) in [5.74, 6) is 0.866. The van der Waals surface area contributed by atoms with Gasteiger partial charge in [0.15, 0.2) is 0 Å². The van der Waals surface area contributed by atoms with E-state index in [0.29, 0.717) is 12.3 Å². The van der Waals surface area contributed by atoms with Gasteiger partial charge in [0, 0.05) is 19.5 Å². The lowest BCUT2D eigenvalue weighted by Gasteiger charge is -2.35. The Balaban J connectivity index is 0.00000264. The summed E-state index contributed by atoms with van der Waals surface area (Å²) < 4.78 is 0. The minimum absolute atomic E-state index is 0. The van der Waals surface area contributed by atoms with E-state index in [9.17, 15) is 9.59 Å². The van der Waals surface area contributed by atoms with Crippen LogP contribution in [0.3, 0.4) is 0 Å². The highest BCUT2D eigenvalue weighted by Crippen LogP contribution is 2.19. The monoisotopic (exact) mass is 345 g/mol. The molecule has 2 saturated heterocycles. The Bertz CT molecular complexity index is 373. The number of piperidine rings is 2. The summed E-state index contributed by atoms with van der Waals surface area (Å²) in [4.78, 5) is 26.4. The molecule has 2 N–H and O–H groups in total. The number of halogens is 1. The lowest BCUT2D eigenvalue weighted by Crippen LogP contribution is -2.52. The molecule has 0 radical (unpaired) electrons. The summed E-state index contributed by atoms with van der Waals surface area (Å²) in [6.45, 7) is 5.68. The molecule has 2 amide bonds. The van der Waals surface area contributed by atoms with Crippen molar-refractivity contribution in [3.05, 3.63) is 0 Å². The third-order valence-electron chi connectivity index (χ3n) is 4.84. The van der Waals surface area contributed by atoms with Gasteiger partial charge in [-0.05, 0) is 64.0 Å². The lowest BCUT2D eigenvalue weighted by atomic mass is 9.96. The predicted molar refractivity (Wildman–Crippen MR) is 94.7 cm³/mol. The van der Waals surface area contributed by atoms with E-state index < -0.39 is 0 Å². The van der Waals surface area contributed by atoms with E-state index in [-0.39, 0.29) is 30.3 Å². The molecule has 2 atom stereocenters. The summed E-state index contributed by atoms with van der Waals surface area (Å²) in [6, 6.07) is -0.239. The molecule has 2 rings (SSSR count). The molecule has 134 valence electrons. The number of carbonyl (C=O) groups excluding carboxylic acids is 2. The second-order valence-electron chi connectivity index (χ2n) is 6.64. The fourth-order valence-electron chi connectivity index (χ4n) is 3.55. The van der Waals surface area contributed by atoms with Gasteiger partial charge in [0.2, 0.25) is 11.8 Å². The molecule has 0 aromatic heterocycles. The van der Waals surface area contributed by atoms with Crippen LogP contribution in [0, 0.1) is 5.92 Å². The molecule has 0 aromatic carbocycles. The standard InChI is InChI=1S/C17H31N3O2.ClH/c1-2-6-16(21)20-12-4-3-8-15(20)17(22)19-11-9-14-7-5-10-18-13-14;/h14-15,18H,2-13H2,1H3,(H,19,22);1H. The third kappa shape index (κ3) is 6.30. The molecule has 0 spiro atoms. The second-order valence-corrected chi connectivity index (χ2v) is 6.64. The van der Waals surface area contributed by atoms with Crippen molar-refractivity contribution in [2.75, 3.05) is 26.2 Å². The van der Waals surface area contributed by atoms with Crippen molar-refractivity contribution in [1.29, 1.82) is 0 Å². The highest BCUT2D eigenvalue weighted by molar-refractivity contribution is 5.87. The average Bonchev–Trinajstić information content (AvgIpc) is 2.56. The Hall–Kier alpha value is -0.810. The zero-order chi connectivity index (χ0) is 15.8. The molecule has 23 heavy (non-hydrogen) atoms. The summed E-state index contributed by atoms with van der Waals surface area (Å²) in [6.07, 6.45) is 7.80. The molecule has 5 nitrogen and oxygen atoms in total. The van der Waals surface area contributed by atoms with Crippen LogP contribution in [0.15, 0.2) is 0 Å². The van der Waals surface area contributed by atoms with E-state index in [1.165, 1.54) is 12.8 Å². The molecule has 0 aromatic rings. The van der Waals surface area contributed by atoms with Crippen LogP contribution < -0.4 is 10.6 Å². The van der Waals surface area contributed by atoms with Gasteiger partial charge in [0.05, 0.1) is 0 Å². The van der Waals surface area contributed by atoms with Crippen LogP contribution in [0.1, 0.15) is 58.3 Å². The van der Waals surface area contributed by atoms with Gasteiger partial charge in [-0.25, -0.2) is 0 Å². The van der Waals surface area contributed by atoms with E-state index in [2.05, 4.69) is 10.6 Å². The SMILES string of the molecule is CCCC(=O)N1CCCCC1C(=O)NCCC1CCCNC1.Cl. The molecular weight excluding hydrogens is 314 g/mol. The summed E-state index contributed by atoms with van der Waals surface area (Å²) in [5, 5.41) is 6.47. The van der Waals surface area contributed by atoms with Crippen LogP contribution in [0.25, 0.3) is 0 Å². The van der Waals surface area contributed by atoms with Crippen molar-refractivity contribution in [3.63, 3.8) is 0 Å². The molecule has 2 fully saturated rings. The fraction of sp³-hybridized carbons (Fsp3) is 0.882. The Morgan fingerprint density at radius 3 is 2.74 bits per heavy atom. The number of likely N-dealkylation sites (tertiary alicyclic amines) is 1. The van der Waals surface area contributed by atoms with Crippen molar-refractivity contribution in [3.8, 4) is 0 Å². The van der Waals surface area contributed by atoms with Crippen molar-refractivity contribution in [2.24, 2.45) is 5.92 Å². The quantitative estimate of drug-likeness (QED) is 0.775. The number of amides is 2. The second kappa shape index (κ2) is 10.9. The van der Waals surface area contributed by atoms with E-state index in [1.807, 2.05) is 11.8 Å². The predicted octanol–water partition coefficient (Wildman–Crippen LogP) is 2.10. The van der Waals surface area contributed by atoms with Gasteiger partial charge in [-0.2, -0.15) is 0 Å². The molecule has 2 aliphatic heterocycles. The van der Waals surface area contributed by atoms with Crippen LogP contribution in [0.5, 0.6) is 0 Å². The van der Waals surface area contributed by atoms with Gasteiger partial charge in [-0.1, -0.05) is 6.92 Å². The first-order valence-corrected chi connectivity index (χ1v) is 9.00. The summed E-state index contributed by atoms with van der Waals surface area (Å²) in [5.41, 5.74) is 0. The van der Waals surface area contributed by atoms with E-state index in [0.717, 1.165) is 58.3 Å². The molecule has 0 saturated carbocycles. The molecule has 2 unspecified atom stereocenters. The normalized spacial score (nSPS) is 24.7. The molecule has 6 heteroatoms. The first-order chi connectivity index (χ1) is 10.7. The van der Waals surface area contributed by atoms with Gasteiger partial charge < -0.3 is 15.5 Å². The number of hydrogen-bond donors (Lipinski definition) is 2. The smallest absolute Gasteiger partial charge is 0.242 e. The van der Waals surface area contributed by atoms with E-state index in [1.54, 1.807) is 0 Å². The molecule has 2 aliphatic rings. The van der Waals surface area contributed by atoms with Crippen molar-refractivity contribution < 1.29 is 9.59 Å². The number of hydrogen-bond acceptors (Lipinski definition) is 3. The highest BCUT2D eigenvalue weighted by Gasteiger charge is 2.31. The van der Waals surface area contributed by atoms with E-state index in [4.69, 9.17) is 0 Å². The molecule has 2 heterocycles. The first kappa shape index (κ1) is 20.2. The topological polar surface area (TPSA) is 61.4 Å². The van der Waals surface area contributed by atoms with Gasteiger partial charge in [0.25, 0.3) is 0 Å². The number of nitrogens with one attached hydrogen (secondary N) is 2. The van der Waals surface area contributed by atoms with Crippen LogP contribution in [-0.2, 0) is 9.59 Å². The number of nitrogens with zero attached hydrogens (tertiary/aromatic N) is 1. The lowest BCUT2D eigenvalue weighted by molar-refractivity contribution is -0.142. The maximum Gasteiger partial charge on any atom is 0.242 e. The Morgan fingerprint density at radius 1 is 1.22 bits per heavy atom. The third-order valence-corrected chi connectivity index (χ3v) is 4.84. The number of rotatable bonds is 6. The Labute approximate surface area is 146 Å². The highest BCUT2D eigenvalue weighted by atomic mass is 35.5. The van der Waals surface area contributed by atoms with Crippen molar-refractivity contribution >= 4 is 24.2 Å². The van der Waals surface area contributed by atoms with Crippen LogP contribution in [-0.4, -0.2) is 48.9 Å². The minimum Gasteiger partial charge on any atom is -0.354 e. The van der Waals surface area contributed by atoms with Crippen molar-refractivity contribution in [1.82, 2.24) is 15.5 Å². The van der Waals surface area contributed by atoms with Gasteiger partial charge in [-0.3, -0.25) is 9.59 Å². The average molecular weight is 346 g/mol. The van der Waals surface area contributed by atoms with Gasteiger partial charge >= 0.3 is 0 Å². The van der Waals surface area contributed by atoms with Crippen LogP contribution >= 0.6 is 12.4 Å². The Kier molecular flexibility index (Phi) is 9.56. The van der Waals surface area contributed by atoms with E-state index >= 15 is 0 Å². The fourth-order valence-corrected chi connectivity index (χ4v) is 3.55. The first-order valence-electron chi connectivity index (χ1n) is 9.00. The minimum atomic E-state index is -0.239. The molecule has 0 aliphatic carbocycles. The van der Waals surface area contributed by atoms with Gasteiger partial charge in [-0.15, -0.1) is 12.4 Å².